The lowest BCUT2D eigenvalue weighted by Gasteiger charge is -2.11. The van der Waals surface area contributed by atoms with Crippen molar-refractivity contribution >= 4 is 5.91 Å². The molecule has 0 aliphatic carbocycles. The van der Waals surface area contributed by atoms with Gasteiger partial charge in [0.25, 0.3) is 5.91 Å². The summed E-state index contributed by atoms with van der Waals surface area (Å²) in [4.78, 5) is 11.9. The largest absolute Gasteiger partial charge is 0.395 e. The molecule has 0 aromatic heterocycles. The molecule has 4 nitrogen and oxygen atoms in total. The van der Waals surface area contributed by atoms with Crippen LogP contribution in [0.25, 0.3) is 0 Å². The first-order valence-electron chi connectivity index (χ1n) is 6.64. The van der Waals surface area contributed by atoms with E-state index in [9.17, 15) is 4.79 Å². The molecule has 0 bridgehead atoms. The fourth-order valence-corrected chi connectivity index (χ4v) is 1.64. The lowest BCUT2D eigenvalue weighted by molar-refractivity contribution is 0.0934. The molecule has 0 spiro atoms. The van der Waals surface area contributed by atoms with Crippen LogP contribution in [-0.2, 0) is 4.74 Å². The number of amides is 1. The quantitative estimate of drug-likeness (QED) is 0.772. The molecule has 1 unspecified atom stereocenters. The molecule has 20 heavy (non-hydrogen) atoms. The molecule has 1 aromatic rings. The second-order valence-corrected chi connectivity index (χ2v) is 4.62. The molecule has 0 saturated heterocycles. The molecule has 108 valence electrons. The average Bonchev–Trinajstić information content (AvgIpc) is 2.46. The topological polar surface area (TPSA) is 58.6 Å². The highest BCUT2D eigenvalue weighted by Crippen LogP contribution is 2.04. The summed E-state index contributed by atoms with van der Waals surface area (Å²) in [5.41, 5.74) is 1.45. The number of ether oxygens (including phenoxy) is 1. The molecular formula is C16H21NO3. The van der Waals surface area contributed by atoms with Crippen LogP contribution < -0.4 is 5.32 Å². The summed E-state index contributed by atoms with van der Waals surface area (Å²) in [7, 11) is 1.65. The van der Waals surface area contributed by atoms with Crippen molar-refractivity contribution in [1.82, 2.24) is 5.32 Å². The molecule has 4 heteroatoms. The van der Waals surface area contributed by atoms with Crippen molar-refractivity contribution in [1.29, 1.82) is 0 Å². The van der Waals surface area contributed by atoms with E-state index < -0.39 is 0 Å². The van der Waals surface area contributed by atoms with Crippen LogP contribution in [0.4, 0.5) is 0 Å². The summed E-state index contributed by atoms with van der Waals surface area (Å²) in [5, 5.41) is 11.5. The molecule has 0 aliphatic heterocycles. The number of benzene rings is 1. The van der Waals surface area contributed by atoms with Gasteiger partial charge in [0.2, 0.25) is 0 Å². The normalized spacial score (nSPS) is 11.3. The fourth-order valence-electron chi connectivity index (χ4n) is 1.64. The van der Waals surface area contributed by atoms with Gasteiger partial charge in [0.05, 0.1) is 13.2 Å². The Morgan fingerprint density at radius 2 is 2.10 bits per heavy atom. The predicted molar refractivity (Wildman–Crippen MR) is 78.4 cm³/mol. The highest BCUT2D eigenvalue weighted by Gasteiger charge is 2.07. The van der Waals surface area contributed by atoms with Gasteiger partial charge in [-0.25, -0.2) is 0 Å². The number of methoxy groups -OCH3 is 1. The standard InChI is InChI=1S/C16H21NO3/c1-13(12-20-2)11-17-16(19)15-8-6-14(7-9-15)5-3-4-10-18/h6-9,13,18H,4,10-12H2,1-2H3,(H,17,19). The molecule has 0 radical (unpaired) electrons. The molecule has 2 N–H and O–H groups in total. The number of nitrogens with one attached hydrogen (secondary N) is 1. The van der Waals surface area contributed by atoms with Crippen LogP contribution in [0.3, 0.4) is 0 Å². The van der Waals surface area contributed by atoms with Gasteiger partial charge >= 0.3 is 0 Å². The van der Waals surface area contributed by atoms with Crippen molar-refractivity contribution in [3.63, 3.8) is 0 Å². The molecule has 1 amide bonds. The molecule has 0 heterocycles. The number of aliphatic hydroxyl groups is 1. The van der Waals surface area contributed by atoms with Crippen molar-refractivity contribution in [2.24, 2.45) is 5.92 Å². The third-order valence-corrected chi connectivity index (χ3v) is 2.68. The monoisotopic (exact) mass is 275 g/mol. The number of carbonyl (C=O) groups excluding carboxylic acids is 1. The van der Waals surface area contributed by atoms with E-state index in [1.807, 2.05) is 6.92 Å². The van der Waals surface area contributed by atoms with Crippen molar-refractivity contribution in [2.45, 2.75) is 13.3 Å². The van der Waals surface area contributed by atoms with E-state index in [0.717, 1.165) is 5.56 Å². The highest BCUT2D eigenvalue weighted by molar-refractivity contribution is 5.94. The second kappa shape index (κ2) is 9.13. The van der Waals surface area contributed by atoms with Crippen molar-refractivity contribution in [2.75, 3.05) is 26.9 Å². The van der Waals surface area contributed by atoms with Crippen molar-refractivity contribution in [3.05, 3.63) is 35.4 Å². The molecule has 1 aromatic carbocycles. The SMILES string of the molecule is COCC(C)CNC(=O)c1ccc(C#CCCO)cc1. The van der Waals surface area contributed by atoms with E-state index >= 15 is 0 Å². The van der Waals surface area contributed by atoms with Gasteiger partial charge in [-0.3, -0.25) is 4.79 Å². The van der Waals surface area contributed by atoms with Crippen LogP contribution in [-0.4, -0.2) is 37.9 Å². The Hall–Kier alpha value is -1.83. The first-order valence-corrected chi connectivity index (χ1v) is 6.64. The van der Waals surface area contributed by atoms with Gasteiger partial charge in [0.1, 0.15) is 0 Å². The Kier molecular flexibility index (Phi) is 7.41. The van der Waals surface area contributed by atoms with E-state index in [4.69, 9.17) is 9.84 Å². The highest BCUT2D eigenvalue weighted by atomic mass is 16.5. The number of aliphatic hydroxyl groups excluding tert-OH is 1. The van der Waals surface area contributed by atoms with Crippen molar-refractivity contribution < 1.29 is 14.6 Å². The fraction of sp³-hybridized carbons (Fsp3) is 0.438. The number of carbonyl (C=O) groups is 1. The Balaban J connectivity index is 2.51. The Morgan fingerprint density at radius 1 is 1.40 bits per heavy atom. The van der Waals surface area contributed by atoms with Crippen LogP contribution >= 0.6 is 0 Å². The zero-order valence-corrected chi connectivity index (χ0v) is 12.0. The van der Waals surface area contributed by atoms with E-state index in [1.54, 1.807) is 31.4 Å². The summed E-state index contributed by atoms with van der Waals surface area (Å²) in [5.74, 6) is 5.95. The van der Waals surface area contributed by atoms with Crippen LogP contribution in [0.15, 0.2) is 24.3 Å². The van der Waals surface area contributed by atoms with Crippen molar-refractivity contribution in [3.8, 4) is 11.8 Å². The molecule has 0 aliphatic rings. The van der Waals surface area contributed by atoms with Gasteiger partial charge in [0.15, 0.2) is 0 Å². The summed E-state index contributed by atoms with van der Waals surface area (Å²) < 4.78 is 5.02. The summed E-state index contributed by atoms with van der Waals surface area (Å²) >= 11 is 0. The van der Waals surface area contributed by atoms with Gasteiger partial charge in [-0.1, -0.05) is 18.8 Å². The zero-order chi connectivity index (χ0) is 14.8. The van der Waals surface area contributed by atoms with Crippen LogP contribution in [0.1, 0.15) is 29.3 Å². The Bertz CT molecular complexity index is 471. The maximum Gasteiger partial charge on any atom is 0.251 e. The minimum Gasteiger partial charge on any atom is -0.395 e. The maximum atomic E-state index is 11.9. The van der Waals surface area contributed by atoms with Gasteiger partial charge in [-0.2, -0.15) is 0 Å². The van der Waals surface area contributed by atoms with E-state index in [0.29, 0.717) is 25.1 Å². The third-order valence-electron chi connectivity index (χ3n) is 2.68. The maximum absolute atomic E-state index is 11.9. The number of hydrogen-bond acceptors (Lipinski definition) is 3. The molecule has 1 rings (SSSR count). The van der Waals surface area contributed by atoms with Crippen LogP contribution in [0, 0.1) is 17.8 Å². The number of hydrogen-bond donors (Lipinski definition) is 2. The van der Waals surface area contributed by atoms with Crippen LogP contribution in [0.2, 0.25) is 0 Å². The van der Waals surface area contributed by atoms with E-state index in [1.165, 1.54) is 0 Å². The molecule has 0 fully saturated rings. The zero-order valence-electron chi connectivity index (χ0n) is 12.0. The Morgan fingerprint density at radius 3 is 2.70 bits per heavy atom. The van der Waals surface area contributed by atoms with Crippen LogP contribution in [0.5, 0.6) is 0 Å². The summed E-state index contributed by atoms with van der Waals surface area (Å²) in [6, 6.07) is 7.11. The smallest absolute Gasteiger partial charge is 0.251 e. The third kappa shape index (κ3) is 5.87. The van der Waals surface area contributed by atoms with E-state index in [2.05, 4.69) is 17.2 Å². The predicted octanol–water partition coefficient (Wildman–Crippen LogP) is 1.43. The Labute approximate surface area is 120 Å². The van der Waals surface area contributed by atoms with Gasteiger partial charge in [-0.15, -0.1) is 0 Å². The first-order chi connectivity index (χ1) is 9.67. The first kappa shape index (κ1) is 16.2. The molecular weight excluding hydrogens is 254 g/mol. The van der Waals surface area contributed by atoms with Gasteiger partial charge < -0.3 is 15.2 Å². The van der Waals surface area contributed by atoms with E-state index in [-0.39, 0.29) is 18.4 Å². The molecule has 0 saturated carbocycles. The second-order valence-electron chi connectivity index (χ2n) is 4.62. The number of rotatable bonds is 6. The summed E-state index contributed by atoms with van der Waals surface area (Å²) in [6.45, 7) is 3.29. The van der Waals surface area contributed by atoms with Gasteiger partial charge in [0, 0.05) is 31.2 Å². The lowest BCUT2D eigenvalue weighted by atomic mass is 10.1. The van der Waals surface area contributed by atoms with Gasteiger partial charge in [-0.05, 0) is 30.2 Å². The minimum absolute atomic E-state index is 0.0626. The lowest BCUT2D eigenvalue weighted by Crippen LogP contribution is -2.29. The minimum atomic E-state index is -0.0946. The average molecular weight is 275 g/mol. The summed E-state index contributed by atoms with van der Waals surface area (Å²) in [6.07, 6.45) is 0.458. The molecule has 1 atom stereocenters.